The van der Waals surface area contributed by atoms with Crippen molar-refractivity contribution in [3.8, 4) is 5.75 Å². The molecule has 0 aliphatic rings. The highest BCUT2D eigenvalue weighted by Gasteiger charge is 2.07. The van der Waals surface area contributed by atoms with Gasteiger partial charge in [-0.15, -0.1) is 0 Å². The van der Waals surface area contributed by atoms with E-state index in [1.807, 2.05) is 13.0 Å². The highest BCUT2D eigenvalue weighted by molar-refractivity contribution is 6.35. The first-order chi connectivity index (χ1) is 9.08. The Morgan fingerprint density at radius 1 is 1.11 bits per heavy atom. The van der Waals surface area contributed by atoms with E-state index in [1.165, 1.54) is 26.1 Å². The molecular formula is C15H24Cl2NO+. The summed E-state index contributed by atoms with van der Waals surface area (Å²) < 4.78 is 5.77. The number of benzene rings is 1. The van der Waals surface area contributed by atoms with Crippen molar-refractivity contribution in [2.75, 3.05) is 26.2 Å². The van der Waals surface area contributed by atoms with Gasteiger partial charge in [0.1, 0.15) is 5.75 Å². The third-order valence-corrected chi connectivity index (χ3v) is 3.86. The minimum absolute atomic E-state index is 0.597. The van der Waals surface area contributed by atoms with Crippen LogP contribution in [0.5, 0.6) is 5.75 Å². The third-order valence-electron chi connectivity index (χ3n) is 3.37. The van der Waals surface area contributed by atoms with Crippen molar-refractivity contribution in [2.45, 2.75) is 33.6 Å². The SMILES string of the molecule is CC[NH+](CC)CCCCOc1c(C)cc(Cl)cc1Cl. The van der Waals surface area contributed by atoms with Gasteiger partial charge in [-0.05, 0) is 51.3 Å². The van der Waals surface area contributed by atoms with Crippen LogP contribution in [-0.2, 0) is 0 Å². The molecule has 108 valence electrons. The van der Waals surface area contributed by atoms with E-state index in [-0.39, 0.29) is 0 Å². The van der Waals surface area contributed by atoms with Crippen LogP contribution in [0.25, 0.3) is 0 Å². The Bertz CT molecular complexity index is 369. The molecule has 0 aliphatic heterocycles. The Kier molecular flexibility index (Phi) is 7.59. The number of hydrogen-bond donors (Lipinski definition) is 1. The first-order valence-corrected chi connectivity index (χ1v) is 7.76. The Labute approximate surface area is 126 Å². The molecule has 0 radical (unpaired) electrons. The van der Waals surface area contributed by atoms with Crippen molar-refractivity contribution in [1.29, 1.82) is 0 Å². The van der Waals surface area contributed by atoms with Gasteiger partial charge in [0.05, 0.1) is 31.3 Å². The number of nitrogens with one attached hydrogen (secondary N) is 1. The highest BCUT2D eigenvalue weighted by atomic mass is 35.5. The predicted octanol–water partition coefficient (Wildman–Crippen LogP) is 3.39. The molecular weight excluding hydrogens is 281 g/mol. The molecule has 0 spiro atoms. The number of hydrogen-bond acceptors (Lipinski definition) is 1. The van der Waals surface area contributed by atoms with Crippen molar-refractivity contribution in [2.24, 2.45) is 0 Å². The van der Waals surface area contributed by atoms with E-state index >= 15 is 0 Å². The lowest BCUT2D eigenvalue weighted by molar-refractivity contribution is -0.896. The lowest BCUT2D eigenvalue weighted by Gasteiger charge is -2.15. The Morgan fingerprint density at radius 2 is 1.79 bits per heavy atom. The van der Waals surface area contributed by atoms with E-state index in [1.54, 1.807) is 11.0 Å². The van der Waals surface area contributed by atoms with E-state index in [4.69, 9.17) is 27.9 Å². The van der Waals surface area contributed by atoms with Crippen LogP contribution in [0.15, 0.2) is 12.1 Å². The lowest BCUT2D eigenvalue weighted by Crippen LogP contribution is -3.11. The zero-order valence-electron chi connectivity index (χ0n) is 12.1. The van der Waals surface area contributed by atoms with E-state index in [9.17, 15) is 0 Å². The number of unbranched alkanes of at least 4 members (excludes halogenated alkanes) is 1. The number of rotatable bonds is 8. The summed E-state index contributed by atoms with van der Waals surface area (Å²) in [4.78, 5) is 1.64. The van der Waals surface area contributed by atoms with Crippen LogP contribution in [0.4, 0.5) is 0 Å². The molecule has 0 amide bonds. The summed E-state index contributed by atoms with van der Waals surface area (Å²) in [7, 11) is 0. The van der Waals surface area contributed by atoms with Crippen LogP contribution in [-0.4, -0.2) is 26.2 Å². The molecule has 1 N–H and O–H groups in total. The molecule has 0 aromatic heterocycles. The summed E-state index contributed by atoms with van der Waals surface area (Å²) in [5.74, 6) is 0.765. The molecule has 4 heteroatoms. The predicted molar refractivity (Wildman–Crippen MR) is 82.8 cm³/mol. The minimum Gasteiger partial charge on any atom is -0.492 e. The largest absolute Gasteiger partial charge is 0.492 e. The molecule has 0 saturated carbocycles. The van der Waals surface area contributed by atoms with Gasteiger partial charge in [-0.1, -0.05) is 23.2 Å². The number of halogens is 2. The van der Waals surface area contributed by atoms with Crippen LogP contribution < -0.4 is 9.64 Å². The van der Waals surface area contributed by atoms with Crippen molar-refractivity contribution in [1.82, 2.24) is 0 Å². The molecule has 2 nitrogen and oxygen atoms in total. The van der Waals surface area contributed by atoms with Gasteiger partial charge in [-0.2, -0.15) is 0 Å². The molecule has 0 saturated heterocycles. The van der Waals surface area contributed by atoms with Crippen LogP contribution in [0.3, 0.4) is 0 Å². The van der Waals surface area contributed by atoms with Crippen LogP contribution >= 0.6 is 23.2 Å². The van der Waals surface area contributed by atoms with Gasteiger partial charge in [-0.3, -0.25) is 0 Å². The van der Waals surface area contributed by atoms with Crippen LogP contribution in [0, 0.1) is 6.92 Å². The quantitative estimate of drug-likeness (QED) is 0.727. The summed E-state index contributed by atoms with van der Waals surface area (Å²) in [6, 6.07) is 3.61. The average molecular weight is 305 g/mol. The van der Waals surface area contributed by atoms with Crippen molar-refractivity contribution in [3.05, 3.63) is 27.7 Å². The monoisotopic (exact) mass is 304 g/mol. The van der Waals surface area contributed by atoms with Gasteiger partial charge in [0.2, 0.25) is 0 Å². The Hall–Kier alpha value is -0.440. The fourth-order valence-electron chi connectivity index (χ4n) is 2.13. The van der Waals surface area contributed by atoms with E-state index in [2.05, 4.69) is 13.8 Å². The molecule has 0 unspecified atom stereocenters. The Morgan fingerprint density at radius 3 is 2.37 bits per heavy atom. The van der Waals surface area contributed by atoms with Crippen molar-refractivity contribution in [3.63, 3.8) is 0 Å². The summed E-state index contributed by atoms with van der Waals surface area (Å²) in [5, 5.41) is 1.25. The normalized spacial score (nSPS) is 11.1. The first kappa shape index (κ1) is 16.6. The van der Waals surface area contributed by atoms with Crippen molar-refractivity contribution >= 4 is 23.2 Å². The van der Waals surface area contributed by atoms with Gasteiger partial charge < -0.3 is 9.64 Å². The van der Waals surface area contributed by atoms with Gasteiger partial charge in [0.15, 0.2) is 0 Å². The first-order valence-electron chi connectivity index (χ1n) is 7.00. The number of aryl methyl sites for hydroxylation is 1. The minimum atomic E-state index is 0.597. The highest BCUT2D eigenvalue weighted by Crippen LogP contribution is 2.31. The summed E-state index contributed by atoms with van der Waals surface area (Å²) in [6.45, 7) is 10.7. The molecule has 0 atom stereocenters. The molecule has 0 fully saturated rings. The molecule has 0 heterocycles. The lowest BCUT2D eigenvalue weighted by atomic mass is 10.2. The molecule has 1 aromatic rings. The molecule has 1 aromatic carbocycles. The van der Waals surface area contributed by atoms with E-state index in [0.29, 0.717) is 16.7 Å². The zero-order valence-corrected chi connectivity index (χ0v) is 13.6. The van der Waals surface area contributed by atoms with Gasteiger partial charge in [0, 0.05) is 5.02 Å². The van der Waals surface area contributed by atoms with Crippen LogP contribution in [0.1, 0.15) is 32.3 Å². The van der Waals surface area contributed by atoms with E-state index in [0.717, 1.165) is 17.7 Å². The average Bonchev–Trinajstić information content (AvgIpc) is 2.36. The summed E-state index contributed by atoms with van der Waals surface area (Å²) in [5.41, 5.74) is 0.992. The fourth-order valence-corrected chi connectivity index (χ4v) is 2.78. The van der Waals surface area contributed by atoms with Gasteiger partial charge in [-0.25, -0.2) is 0 Å². The zero-order chi connectivity index (χ0) is 14.3. The Balaban J connectivity index is 2.34. The van der Waals surface area contributed by atoms with Gasteiger partial charge in [0.25, 0.3) is 0 Å². The third kappa shape index (κ3) is 5.60. The van der Waals surface area contributed by atoms with Gasteiger partial charge >= 0.3 is 0 Å². The summed E-state index contributed by atoms with van der Waals surface area (Å²) >= 11 is 12.1. The number of quaternary nitrogens is 1. The summed E-state index contributed by atoms with van der Waals surface area (Å²) in [6.07, 6.45) is 2.24. The second-order valence-corrected chi connectivity index (χ2v) is 5.64. The maximum Gasteiger partial charge on any atom is 0.140 e. The maximum absolute atomic E-state index is 6.13. The molecule has 1 rings (SSSR count). The second-order valence-electron chi connectivity index (χ2n) is 4.80. The van der Waals surface area contributed by atoms with Crippen molar-refractivity contribution < 1.29 is 9.64 Å². The fraction of sp³-hybridized carbons (Fsp3) is 0.600. The van der Waals surface area contributed by atoms with E-state index < -0.39 is 0 Å². The molecule has 19 heavy (non-hydrogen) atoms. The second kappa shape index (κ2) is 8.68. The maximum atomic E-state index is 6.13. The van der Waals surface area contributed by atoms with Crippen LogP contribution in [0.2, 0.25) is 10.0 Å². The molecule has 0 bridgehead atoms. The smallest absolute Gasteiger partial charge is 0.140 e. The molecule has 0 aliphatic carbocycles. The number of ether oxygens (including phenoxy) is 1. The standard InChI is InChI=1S/C15H23Cl2NO/c1-4-18(5-2)8-6-7-9-19-15-12(3)10-13(16)11-14(15)17/h10-11H,4-9H2,1-3H3/p+1. The topological polar surface area (TPSA) is 13.7 Å².